The van der Waals surface area contributed by atoms with Crippen molar-refractivity contribution in [2.45, 2.75) is 77.5 Å². The lowest BCUT2D eigenvalue weighted by molar-refractivity contribution is -0.305. The summed E-state index contributed by atoms with van der Waals surface area (Å²) in [5, 5.41) is 23.3. The van der Waals surface area contributed by atoms with Gasteiger partial charge in [0.2, 0.25) is 5.79 Å². The average molecular weight is 394 g/mol. The van der Waals surface area contributed by atoms with Crippen LogP contribution in [-0.4, -0.2) is 52.9 Å². The van der Waals surface area contributed by atoms with Gasteiger partial charge in [0.25, 0.3) is 0 Å². The van der Waals surface area contributed by atoms with E-state index in [9.17, 15) is 19.8 Å². The molecule has 0 amide bonds. The number of carbonyl (C=O) groups is 2. The molecule has 7 nitrogen and oxygen atoms in total. The zero-order valence-corrected chi connectivity index (χ0v) is 17.4. The van der Waals surface area contributed by atoms with E-state index in [1.54, 1.807) is 33.8 Å². The average Bonchev–Trinajstić information content (AvgIpc) is 2.91. The molecule has 0 aromatic carbocycles. The third-order valence-electron chi connectivity index (χ3n) is 7.41. The van der Waals surface area contributed by atoms with Crippen LogP contribution in [0, 0.1) is 11.3 Å². The number of aliphatic hydroxyl groups excluding tert-OH is 1. The lowest BCUT2D eigenvalue weighted by atomic mass is 9.48. The minimum atomic E-state index is -1.64. The van der Waals surface area contributed by atoms with Crippen LogP contribution in [0.5, 0.6) is 0 Å². The van der Waals surface area contributed by atoms with Crippen molar-refractivity contribution in [1.82, 2.24) is 0 Å². The number of carbonyl (C=O) groups excluding carboxylic acids is 2. The molecular formula is C21H30O7. The first-order valence-electron chi connectivity index (χ1n) is 9.72. The summed E-state index contributed by atoms with van der Waals surface area (Å²) >= 11 is 0. The van der Waals surface area contributed by atoms with Crippen molar-refractivity contribution in [1.29, 1.82) is 0 Å². The van der Waals surface area contributed by atoms with Crippen LogP contribution in [0.3, 0.4) is 0 Å². The second-order valence-electron chi connectivity index (χ2n) is 8.52. The molecular weight excluding hydrogens is 364 g/mol. The van der Waals surface area contributed by atoms with Gasteiger partial charge in [-0.2, -0.15) is 0 Å². The monoisotopic (exact) mass is 394 g/mol. The highest BCUT2D eigenvalue weighted by Crippen LogP contribution is 2.62. The lowest BCUT2D eigenvalue weighted by Crippen LogP contribution is -2.73. The molecule has 0 aromatic rings. The Bertz CT molecular complexity index is 769. The summed E-state index contributed by atoms with van der Waals surface area (Å²) < 4.78 is 16.7. The third-order valence-corrected chi connectivity index (χ3v) is 7.41. The summed E-state index contributed by atoms with van der Waals surface area (Å²) in [6.45, 7) is 8.72. The summed E-state index contributed by atoms with van der Waals surface area (Å²) in [5.74, 6) is -2.74. The number of aliphatic hydroxyl groups is 2. The molecule has 2 N–H and O–H groups in total. The lowest BCUT2D eigenvalue weighted by Gasteiger charge is -2.62. The first kappa shape index (κ1) is 21.0. The number of rotatable bonds is 3. The summed E-state index contributed by atoms with van der Waals surface area (Å²) in [6, 6.07) is 0. The molecule has 2 saturated carbocycles. The topological polar surface area (TPSA) is 102 Å². The molecule has 156 valence electrons. The Morgan fingerprint density at radius 2 is 2.00 bits per heavy atom. The zero-order chi connectivity index (χ0) is 21.1. The minimum Gasteiger partial charge on any atom is -0.456 e. The Morgan fingerprint density at radius 1 is 1.36 bits per heavy atom. The summed E-state index contributed by atoms with van der Waals surface area (Å²) in [4.78, 5) is 24.7. The molecule has 2 aliphatic carbocycles. The Morgan fingerprint density at radius 3 is 2.57 bits per heavy atom. The van der Waals surface area contributed by atoms with Gasteiger partial charge < -0.3 is 24.4 Å². The minimum absolute atomic E-state index is 0.0869. The number of hydrogen-bond acceptors (Lipinski definition) is 7. The van der Waals surface area contributed by atoms with Crippen molar-refractivity contribution >= 4 is 11.9 Å². The first-order chi connectivity index (χ1) is 13.0. The van der Waals surface area contributed by atoms with E-state index in [4.69, 9.17) is 14.2 Å². The van der Waals surface area contributed by atoms with E-state index in [2.05, 4.69) is 0 Å². The van der Waals surface area contributed by atoms with Crippen LogP contribution in [0.15, 0.2) is 22.8 Å². The molecule has 0 unspecified atom stereocenters. The second kappa shape index (κ2) is 6.68. The van der Waals surface area contributed by atoms with Gasteiger partial charge in [-0.25, -0.2) is 9.59 Å². The fourth-order valence-corrected chi connectivity index (χ4v) is 5.12. The Hall–Kier alpha value is -1.70. The maximum atomic E-state index is 12.4. The van der Waals surface area contributed by atoms with Crippen LogP contribution >= 0.6 is 0 Å². The quantitative estimate of drug-likeness (QED) is 0.558. The zero-order valence-electron chi connectivity index (χ0n) is 17.4. The third kappa shape index (κ3) is 2.52. The van der Waals surface area contributed by atoms with Gasteiger partial charge in [-0.05, 0) is 39.5 Å². The normalized spacial score (nSPS) is 43.4. The second-order valence-corrected chi connectivity index (χ2v) is 8.52. The van der Waals surface area contributed by atoms with Gasteiger partial charge in [0.15, 0.2) is 0 Å². The van der Waals surface area contributed by atoms with E-state index in [-0.39, 0.29) is 12.3 Å². The number of allylic oxidation sites excluding steroid dienone is 1. The van der Waals surface area contributed by atoms with Crippen LogP contribution < -0.4 is 0 Å². The molecule has 1 heterocycles. The molecule has 0 radical (unpaired) electrons. The van der Waals surface area contributed by atoms with Crippen molar-refractivity contribution < 1.29 is 34.0 Å². The van der Waals surface area contributed by atoms with Gasteiger partial charge in [-0.3, -0.25) is 0 Å². The van der Waals surface area contributed by atoms with E-state index in [1.807, 2.05) is 6.92 Å². The molecule has 0 saturated heterocycles. The van der Waals surface area contributed by atoms with Crippen LogP contribution in [0.4, 0.5) is 0 Å². The molecule has 3 aliphatic rings. The highest BCUT2D eigenvalue weighted by molar-refractivity contribution is 5.92. The highest BCUT2D eigenvalue weighted by atomic mass is 16.7. The smallest absolute Gasteiger partial charge is 0.336 e. The summed E-state index contributed by atoms with van der Waals surface area (Å²) in [6.07, 6.45) is 0.584. The Kier molecular flexibility index (Phi) is 5.01. The number of methoxy groups -OCH3 is 1. The van der Waals surface area contributed by atoms with E-state index in [1.165, 1.54) is 7.11 Å². The van der Waals surface area contributed by atoms with Crippen LogP contribution in [0.1, 0.15) is 53.9 Å². The van der Waals surface area contributed by atoms with Gasteiger partial charge in [-0.15, -0.1) is 0 Å². The van der Waals surface area contributed by atoms with Crippen molar-refractivity contribution in [3.8, 4) is 0 Å². The molecule has 0 bridgehead atoms. The highest BCUT2D eigenvalue weighted by Gasteiger charge is 2.72. The molecule has 1 aliphatic heterocycles. The van der Waals surface area contributed by atoms with Crippen molar-refractivity contribution in [3.05, 3.63) is 22.8 Å². The fourth-order valence-electron chi connectivity index (χ4n) is 5.12. The predicted molar refractivity (Wildman–Crippen MR) is 99.9 cm³/mol. The van der Waals surface area contributed by atoms with Gasteiger partial charge in [-0.1, -0.05) is 19.9 Å². The SMILES string of the molecule is C/C=C(/C)C(=O)O[C@@H]1CC[C@H](C)[C@@]2(C)[C@H](O)C3=C(C)C(=O)O[C@@]3(OC)C[C@@]12O. The molecule has 3 rings (SSSR count). The molecule has 0 spiro atoms. The largest absolute Gasteiger partial charge is 0.456 e. The maximum Gasteiger partial charge on any atom is 0.336 e. The van der Waals surface area contributed by atoms with E-state index in [0.717, 1.165) is 0 Å². The maximum absolute atomic E-state index is 12.4. The Balaban J connectivity index is 2.12. The van der Waals surface area contributed by atoms with E-state index >= 15 is 0 Å². The standard InChI is InChI=1S/C21H30O7/c1-7-11(2)17(23)27-14-9-8-12(3)19(5)16(22)15-13(4)18(24)28-21(15,26-6)10-20(14,19)25/h7,12,14,16,22,25H,8-10H2,1-6H3/b11-7-/t12-,14+,16+,19-,20+,21-/m0/s1. The van der Waals surface area contributed by atoms with Crippen LogP contribution in [0.25, 0.3) is 0 Å². The molecule has 6 atom stereocenters. The van der Waals surface area contributed by atoms with Crippen molar-refractivity contribution in [3.63, 3.8) is 0 Å². The summed E-state index contributed by atoms with van der Waals surface area (Å²) in [7, 11) is 1.38. The van der Waals surface area contributed by atoms with Crippen LogP contribution in [0.2, 0.25) is 0 Å². The van der Waals surface area contributed by atoms with Gasteiger partial charge >= 0.3 is 11.9 Å². The molecule has 2 fully saturated rings. The molecule has 7 heteroatoms. The molecule has 28 heavy (non-hydrogen) atoms. The van der Waals surface area contributed by atoms with E-state index < -0.39 is 40.9 Å². The van der Waals surface area contributed by atoms with Crippen molar-refractivity contribution in [2.75, 3.05) is 7.11 Å². The Labute approximate surface area is 165 Å². The van der Waals surface area contributed by atoms with Gasteiger partial charge in [0.05, 0.1) is 12.5 Å². The molecule has 0 aromatic heterocycles. The predicted octanol–water partition coefficient (Wildman–Crippen LogP) is 2.01. The van der Waals surface area contributed by atoms with E-state index in [0.29, 0.717) is 29.6 Å². The number of esters is 2. The van der Waals surface area contributed by atoms with Crippen molar-refractivity contribution in [2.24, 2.45) is 11.3 Å². The number of hydrogen-bond donors (Lipinski definition) is 2. The van der Waals surface area contributed by atoms with Gasteiger partial charge in [0.1, 0.15) is 11.7 Å². The number of fused-ring (bicyclic) bond motifs is 2. The first-order valence-corrected chi connectivity index (χ1v) is 9.72. The van der Waals surface area contributed by atoms with Crippen LogP contribution in [-0.2, 0) is 23.8 Å². The number of ether oxygens (including phenoxy) is 3. The fraction of sp³-hybridized carbons (Fsp3) is 0.714. The summed E-state index contributed by atoms with van der Waals surface area (Å²) in [5.41, 5.74) is -1.60. The van der Waals surface area contributed by atoms with Gasteiger partial charge in [0, 0.05) is 29.2 Å².